The summed E-state index contributed by atoms with van der Waals surface area (Å²) in [5.41, 5.74) is 2.08. The second-order valence-corrected chi connectivity index (χ2v) is 6.22. The predicted molar refractivity (Wildman–Crippen MR) is 98.4 cm³/mol. The number of hydrogen-bond donors (Lipinski definition) is 1. The molecule has 1 aromatic heterocycles. The third-order valence-corrected chi connectivity index (χ3v) is 4.48. The molecule has 0 aliphatic heterocycles. The van der Waals surface area contributed by atoms with Gasteiger partial charge in [0.25, 0.3) is 0 Å². The molecule has 0 bridgehead atoms. The summed E-state index contributed by atoms with van der Waals surface area (Å²) in [6, 6.07) is 7.99. The minimum Gasteiger partial charge on any atom is -0.494 e. The molecule has 0 saturated carbocycles. The maximum atomic E-state index is 11.7. The topological polar surface area (TPSA) is 54.5 Å². The van der Waals surface area contributed by atoms with Gasteiger partial charge in [0.15, 0.2) is 0 Å². The quantitative estimate of drug-likeness (QED) is 0.757. The van der Waals surface area contributed by atoms with Gasteiger partial charge < -0.3 is 10.1 Å². The van der Waals surface area contributed by atoms with Gasteiger partial charge in [-0.15, -0.1) is 11.3 Å². The van der Waals surface area contributed by atoms with Gasteiger partial charge in [-0.1, -0.05) is 6.92 Å². The van der Waals surface area contributed by atoms with E-state index in [-0.39, 0.29) is 5.91 Å². The summed E-state index contributed by atoms with van der Waals surface area (Å²) in [5.74, 6) is 0.929. The molecule has 0 aliphatic carbocycles. The molecule has 5 nitrogen and oxygen atoms in total. The van der Waals surface area contributed by atoms with Crippen LogP contribution in [-0.2, 0) is 11.3 Å². The minimum absolute atomic E-state index is 0.0568. The number of nitrogens with zero attached hydrogens (tertiary/aromatic N) is 2. The SMILES string of the molecule is CCNC(=O)CN(CC)Cc1csc(-c2ccc(OCC)cc2)n1. The number of aromatic nitrogens is 1. The number of carbonyl (C=O) groups is 1. The molecule has 1 aromatic carbocycles. The van der Waals surface area contributed by atoms with Crippen molar-refractivity contribution in [2.45, 2.75) is 27.3 Å². The number of amides is 1. The van der Waals surface area contributed by atoms with Crippen molar-refractivity contribution >= 4 is 17.2 Å². The highest BCUT2D eigenvalue weighted by atomic mass is 32.1. The standard InChI is InChI=1S/C18H25N3O2S/c1-4-19-17(22)12-21(5-2)11-15-13-24-18(20-15)14-7-9-16(10-8-14)23-6-3/h7-10,13H,4-6,11-12H2,1-3H3,(H,19,22). The van der Waals surface area contributed by atoms with E-state index < -0.39 is 0 Å². The Morgan fingerprint density at radius 3 is 2.62 bits per heavy atom. The number of hydrogen-bond acceptors (Lipinski definition) is 5. The van der Waals surface area contributed by atoms with Crippen molar-refractivity contribution in [3.05, 3.63) is 35.3 Å². The summed E-state index contributed by atoms with van der Waals surface area (Å²) in [7, 11) is 0. The Hall–Kier alpha value is -1.92. The molecule has 0 aliphatic rings. The zero-order valence-corrected chi connectivity index (χ0v) is 15.4. The van der Waals surface area contributed by atoms with Crippen molar-refractivity contribution in [2.75, 3.05) is 26.2 Å². The smallest absolute Gasteiger partial charge is 0.234 e. The van der Waals surface area contributed by atoms with Crippen LogP contribution in [0.4, 0.5) is 0 Å². The normalized spacial score (nSPS) is 10.8. The summed E-state index contributed by atoms with van der Waals surface area (Å²) in [5, 5.41) is 5.88. The lowest BCUT2D eigenvalue weighted by atomic mass is 10.2. The first kappa shape index (κ1) is 18.4. The molecule has 1 amide bonds. The van der Waals surface area contributed by atoms with Gasteiger partial charge in [-0.25, -0.2) is 4.98 Å². The van der Waals surface area contributed by atoms with Crippen molar-refractivity contribution in [1.29, 1.82) is 0 Å². The molecule has 2 rings (SSSR count). The van der Waals surface area contributed by atoms with Crippen molar-refractivity contribution < 1.29 is 9.53 Å². The molecule has 1 heterocycles. The first-order chi connectivity index (χ1) is 11.7. The van der Waals surface area contributed by atoms with E-state index in [9.17, 15) is 4.79 Å². The van der Waals surface area contributed by atoms with Crippen molar-refractivity contribution in [3.8, 4) is 16.3 Å². The number of rotatable bonds is 9. The Morgan fingerprint density at radius 2 is 2.00 bits per heavy atom. The predicted octanol–water partition coefficient (Wildman–Crippen LogP) is 3.17. The van der Waals surface area contributed by atoms with E-state index in [0.29, 0.717) is 26.2 Å². The molecule has 0 fully saturated rings. The number of carbonyl (C=O) groups excluding carboxylic acids is 1. The number of thiazole rings is 1. The highest BCUT2D eigenvalue weighted by Crippen LogP contribution is 2.26. The Balaban J connectivity index is 1.99. The van der Waals surface area contributed by atoms with Gasteiger partial charge in [0, 0.05) is 24.0 Å². The fraction of sp³-hybridized carbons (Fsp3) is 0.444. The van der Waals surface area contributed by atoms with Gasteiger partial charge in [0.1, 0.15) is 10.8 Å². The molecular formula is C18H25N3O2S. The highest BCUT2D eigenvalue weighted by Gasteiger charge is 2.12. The molecule has 2 aromatic rings. The number of nitrogens with one attached hydrogen (secondary N) is 1. The van der Waals surface area contributed by atoms with E-state index in [1.165, 1.54) is 0 Å². The lowest BCUT2D eigenvalue weighted by Gasteiger charge is -2.18. The van der Waals surface area contributed by atoms with Gasteiger partial charge in [-0.2, -0.15) is 0 Å². The number of likely N-dealkylation sites (N-methyl/N-ethyl adjacent to an activating group) is 2. The van der Waals surface area contributed by atoms with Crippen LogP contribution in [-0.4, -0.2) is 42.0 Å². The van der Waals surface area contributed by atoms with Crippen LogP contribution in [0.5, 0.6) is 5.75 Å². The number of ether oxygens (including phenoxy) is 1. The van der Waals surface area contributed by atoms with Crippen LogP contribution >= 0.6 is 11.3 Å². The van der Waals surface area contributed by atoms with E-state index in [0.717, 1.165) is 28.6 Å². The molecule has 24 heavy (non-hydrogen) atoms. The fourth-order valence-corrected chi connectivity index (χ4v) is 3.15. The maximum absolute atomic E-state index is 11.7. The Morgan fingerprint density at radius 1 is 1.25 bits per heavy atom. The zero-order valence-electron chi connectivity index (χ0n) is 14.5. The van der Waals surface area contributed by atoms with E-state index >= 15 is 0 Å². The van der Waals surface area contributed by atoms with Gasteiger partial charge in [-0.3, -0.25) is 9.69 Å². The number of benzene rings is 1. The Bertz CT molecular complexity index is 640. The summed E-state index contributed by atoms with van der Waals surface area (Å²) in [4.78, 5) is 18.5. The molecule has 0 radical (unpaired) electrons. The Labute approximate surface area is 147 Å². The highest BCUT2D eigenvalue weighted by molar-refractivity contribution is 7.13. The monoisotopic (exact) mass is 347 g/mol. The van der Waals surface area contributed by atoms with Crippen molar-refractivity contribution in [1.82, 2.24) is 15.2 Å². The van der Waals surface area contributed by atoms with Crippen molar-refractivity contribution in [3.63, 3.8) is 0 Å². The largest absolute Gasteiger partial charge is 0.494 e. The molecule has 0 unspecified atom stereocenters. The molecule has 0 atom stereocenters. The molecule has 130 valence electrons. The summed E-state index contributed by atoms with van der Waals surface area (Å²) < 4.78 is 5.46. The first-order valence-electron chi connectivity index (χ1n) is 8.32. The van der Waals surface area contributed by atoms with Crippen LogP contribution in [0.2, 0.25) is 0 Å². The third-order valence-electron chi connectivity index (χ3n) is 3.54. The summed E-state index contributed by atoms with van der Waals surface area (Å²) >= 11 is 1.62. The van der Waals surface area contributed by atoms with Crippen LogP contribution in [0.3, 0.4) is 0 Å². The second kappa shape index (κ2) is 9.39. The molecule has 1 N–H and O–H groups in total. The average Bonchev–Trinajstić information content (AvgIpc) is 3.04. The lowest BCUT2D eigenvalue weighted by Crippen LogP contribution is -2.36. The molecule has 0 spiro atoms. The van der Waals surface area contributed by atoms with Gasteiger partial charge in [0.05, 0.1) is 18.8 Å². The summed E-state index contributed by atoms with van der Waals surface area (Å²) in [6.45, 7) is 9.18. The fourth-order valence-electron chi connectivity index (χ4n) is 2.34. The molecular weight excluding hydrogens is 322 g/mol. The van der Waals surface area contributed by atoms with E-state index in [4.69, 9.17) is 9.72 Å². The van der Waals surface area contributed by atoms with Gasteiger partial charge >= 0.3 is 0 Å². The Kier molecular flexibility index (Phi) is 7.21. The van der Waals surface area contributed by atoms with Gasteiger partial charge in [-0.05, 0) is 44.7 Å². The molecule has 6 heteroatoms. The van der Waals surface area contributed by atoms with Crippen LogP contribution < -0.4 is 10.1 Å². The average molecular weight is 347 g/mol. The van der Waals surface area contributed by atoms with Crippen LogP contribution in [0.1, 0.15) is 26.5 Å². The zero-order chi connectivity index (χ0) is 17.4. The maximum Gasteiger partial charge on any atom is 0.234 e. The van der Waals surface area contributed by atoms with Gasteiger partial charge in [0.2, 0.25) is 5.91 Å². The van der Waals surface area contributed by atoms with E-state index in [1.807, 2.05) is 38.1 Å². The second-order valence-electron chi connectivity index (χ2n) is 5.36. The first-order valence-corrected chi connectivity index (χ1v) is 9.20. The summed E-state index contributed by atoms with van der Waals surface area (Å²) in [6.07, 6.45) is 0. The molecule has 0 saturated heterocycles. The van der Waals surface area contributed by atoms with Crippen LogP contribution in [0.25, 0.3) is 10.6 Å². The van der Waals surface area contributed by atoms with E-state index in [1.54, 1.807) is 11.3 Å². The van der Waals surface area contributed by atoms with Crippen molar-refractivity contribution in [2.24, 2.45) is 0 Å². The third kappa shape index (κ3) is 5.32. The minimum atomic E-state index is 0.0568. The lowest BCUT2D eigenvalue weighted by molar-refractivity contribution is -0.122. The van der Waals surface area contributed by atoms with E-state index in [2.05, 4.69) is 22.5 Å². The van der Waals surface area contributed by atoms with Crippen LogP contribution in [0, 0.1) is 0 Å². The van der Waals surface area contributed by atoms with Crippen LogP contribution in [0.15, 0.2) is 29.6 Å².